The van der Waals surface area contributed by atoms with E-state index >= 15 is 0 Å². The molecule has 6 heteroatoms. The third-order valence-corrected chi connectivity index (χ3v) is 4.02. The summed E-state index contributed by atoms with van der Waals surface area (Å²) in [5.41, 5.74) is 0.107. The minimum atomic E-state index is -0.664. The lowest BCUT2D eigenvalue weighted by Crippen LogP contribution is -2.41. The molecule has 0 saturated carbocycles. The van der Waals surface area contributed by atoms with Gasteiger partial charge in [0.2, 0.25) is 5.88 Å². The van der Waals surface area contributed by atoms with Crippen LogP contribution in [0.5, 0.6) is 5.88 Å². The van der Waals surface area contributed by atoms with Gasteiger partial charge >= 0.3 is 7.12 Å². The summed E-state index contributed by atoms with van der Waals surface area (Å²) < 4.78 is 17.2. The second-order valence-corrected chi connectivity index (χ2v) is 5.93. The van der Waals surface area contributed by atoms with Crippen LogP contribution >= 0.6 is 0 Å². The Bertz CT molecular complexity index is 526. The SMILES string of the molecule is COc1nccc(C(C)=O)c1B1OC(C)(C)C(C)(C)O1. The predicted octanol–water partition coefficient (Wildman–Crippen LogP) is 1.59. The molecule has 1 aliphatic heterocycles. The van der Waals surface area contributed by atoms with Crippen molar-refractivity contribution in [3.05, 3.63) is 17.8 Å². The highest BCUT2D eigenvalue weighted by Crippen LogP contribution is 2.37. The van der Waals surface area contributed by atoms with Gasteiger partial charge in [0.05, 0.1) is 23.8 Å². The van der Waals surface area contributed by atoms with Crippen LogP contribution in [0, 0.1) is 0 Å². The lowest BCUT2D eigenvalue weighted by molar-refractivity contribution is 0.00578. The van der Waals surface area contributed by atoms with E-state index in [1.165, 1.54) is 14.0 Å². The zero-order valence-corrected chi connectivity index (χ0v) is 12.8. The topological polar surface area (TPSA) is 57.7 Å². The molecule has 0 spiro atoms. The summed E-state index contributed by atoms with van der Waals surface area (Å²) in [5.74, 6) is 0.284. The molecular formula is C14H20BNO4. The molecule has 20 heavy (non-hydrogen) atoms. The van der Waals surface area contributed by atoms with E-state index in [4.69, 9.17) is 14.0 Å². The van der Waals surface area contributed by atoms with Crippen molar-refractivity contribution in [1.29, 1.82) is 0 Å². The summed E-state index contributed by atoms with van der Waals surface area (Å²) in [5, 5.41) is 0. The average molecular weight is 277 g/mol. The van der Waals surface area contributed by atoms with E-state index in [1.807, 2.05) is 27.7 Å². The van der Waals surface area contributed by atoms with Gasteiger partial charge in [-0.1, -0.05) is 0 Å². The number of aromatic nitrogens is 1. The lowest BCUT2D eigenvalue weighted by atomic mass is 9.75. The molecule has 1 saturated heterocycles. The largest absolute Gasteiger partial charge is 0.501 e. The van der Waals surface area contributed by atoms with Crippen molar-refractivity contribution in [1.82, 2.24) is 4.98 Å². The van der Waals surface area contributed by atoms with Crippen molar-refractivity contribution >= 4 is 18.4 Å². The van der Waals surface area contributed by atoms with Crippen molar-refractivity contribution < 1.29 is 18.8 Å². The summed E-state index contributed by atoms with van der Waals surface area (Å²) >= 11 is 0. The second-order valence-electron chi connectivity index (χ2n) is 5.93. The van der Waals surface area contributed by atoms with Crippen molar-refractivity contribution in [3.8, 4) is 5.88 Å². The van der Waals surface area contributed by atoms with E-state index < -0.39 is 18.3 Å². The quantitative estimate of drug-likeness (QED) is 0.620. The summed E-state index contributed by atoms with van der Waals surface area (Å²) in [4.78, 5) is 16.0. The van der Waals surface area contributed by atoms with Gasteiger partial charge in [-0.05, 0) is 40.7 Å². The number of carbonyl (C=O) groups is 1. The molecule has 108 valence electrons. The maximum absolute atomic E-state index is 11.8. The van der Waals surface area contributed by atoms with Crippen LogP contribution in [0.15, 0.2) is 12.3 Å². The van der Waals surface area contributed by atoms with E-state index in [1.54, 1.807) is 12.3 Å². The van der Waals surface area contributed by atoms with Gasteiger partial charge in [-0.2, -0.15) is 0 Å². The molecule has 0 atom stereocenters. The van der Waals surface area contributed by atoms with Crippen molar-refractivity contribution in [2.45, 2.75) is 45.8 Å². The zero-order chi connectivity index (χ0) is 15.1. The third-order valence-electron chi connectivity index (χ3n) is 4.02. The van der Waals surface area contributed by atoms with Gasteiger partial charge in [0.15, 0.2) is 5.78 Å². The Morgan fingerprint density at radius 3 is 2.25 bits per heavy atom. The monoisotopic (exact) mass is 277 g/mol. The molecular weight excluding hydrogens is 257 g/mol. The Balaban J connectivity index is 2.51. The first-order valence-electron chi connectivity index (χ1n) is 6.59. The molecule has 0 aromatic carbocycles. The maximum atomic E-state index is 11.8. The number of ether oxygens (including phenoxy) is 1. The molecule has 0 bridgehead atoms. The van der Waals surface area contributed by atoms with Crippen LogP contribution in [0.4, 0.5) is 0 Å². The first-order chi connectivity index (χ1) is 9.19. The van der Waals surface area contributed by atoms with Gasteiger partial charge < -0.3 is 14.0 Å². The molecule has 0 N–H and O–H groups in total. The molecule has 1 aromatic heterocycles. The van der Waals surface area contributed by atoms with Crippen LogP contribution < -0.4 is 10.2 Å². The van der Waals surface area contributed by atoms with Crippen LogP contribution in [0.25, 0.3) is 0 Å². The van der Waals surface area contributed by atoms with Crippen LogP contribution in [-0.2, 0) is 9.31 Å². The summed E-state index contributed by atoms with van der Waals surface area (Å²) in [6.07, 6.45) is 1.55. The third kappa shape index (κ3) is 2.34. The Morgan fingerprint density at radius 1 is 1.25 bits per heavy atom. The van der Waals surface area contributed by atoms with Gasteiger partial charge in [0, 0.05) is 11.8 Å². The molecule has 0 aliphatic carbocycles. The molecule has 0 amide bonds. The first-order valence-corrected chi connectivity index (χ1v) is 6.59. The number of rotatable bonds is 3. The predicted molar refractivity (Wildman–Crippen MR) is 76.5 cm³/mol. The zero-order valence-electron chi connectivity index (χ0n) is 12.8. The fraction of sp³-hybridized carbons (Fsp3) is 0.571. The number of hydrogen-bond donors (Lipinski definition) is 0. The number of nitrogens with zero attached hydrogens (tertiary/aromatic N) is 1. The van der Waals surface area contributed by atoms with Crippen LogP contribution in [0.2, 0.25) is 0 Å². The van der Waals surface area contributed by atoms with Gasteiger partial charge in [-0.15, -0.1) is 0 Å². The highest BCUT2D eigenvalue weighted by molar-refractivity contribution is 6.64. The molecule has 0 radical (unpaired) electrons. The standard InChI is InChI=1S/C14H20BNO4/c1-9(17)10-7-8-16-12(18-6)11(10)15-19-13(2,3)14(4,5)20-15/h7-8H,1-6H3. The van der Waals surface area contributed by atoms with Crippen LogP contribution in [0.1, 0.15) is 45.0 Å². The van der Waals surface area contributed by atoms with Gasteiger partial charge in [0.1, 0.15) is 0 Å². The van der Waals surface area contributed by atoms with Crippen molar-refractivity contribution in [2.24, 2.45) is 0 Å². The molecule has 2 heterocycles. The normalized spacial score (nSPS) is 20.0. The summed E-state index contributed by atoms with van der Waals surface area (Å²) in [6, 6.07) is 1.66. The molecule has 1 fully saturated rings. The Labute approximate surface area is 119 Å². The number of carbonyl (C=O) groups excluding carboxylic acids is 1. The van der Waals surface area contributed by atoms with Gasteiger partial charge in [-0.3, -0.25) is 4.79 Å². The van der Waals surface area contributed by atoms with Gasteiger partial charge in [0.25, 0.3) is 0 Å². The Kier molecular flexibility index (Phi) is 3.65. The summed E-state index contributed by atoms with van der Waals surface area (Å²) in [7, 11) is 0.851. The van der Waals surface area contributed by atoms with E-state index in [2.05, 4.69) is 4.98 Å². The van der Waals surface area contributed by atoms with Crippen LogP contribution in [-0.4, -0.2) is 36.2 Å². The number of hydrogen-bond acceptors (Lipinski definition) is 5. The van der Waals surface area contributed by atoms with Crippen molar-refractivity contribution in [2.75, 3.05) is 7.11 Å². The number of pyridine rings is 1. The number of ketones is 1. The molecule has 0 unspecified atom stereocenters. The van der Waals surface area contributed by atoms with E-state index in [9.17, 15) is 4.79 Å². The van der Waals surface area contributed by atoms with Gasteiger partial charge in [-0.25, -0.2) is 4.98 Å². The Hall–Kier alpha value is -1.40. The lowest BCUT2D eigenvalue weighted by Gasteiger charge is -2.32. The minimum absolute atomic E-state index is 0.0737. The van der Waals surface area contributed by atoms with E-state index in [-0.39, 0.29) is 5.78 Å². The fourth-order valence-corrected chi connectivity index (χ4v) is 2.11. The molecule has 1 aromatic rings. The van der Waals surface area contributed by atoms with Crippen molar-refractivity contribution in [3.63, 3.8) is 0 Å². The second kappa shape index (κ2) is 4.86. The smallest absolute Gasteiger partial charge is 0.481 e. The molecule has 2 rings (SSSR count). The molecule has 5 nitrogen and oxygen atoms in total. The number of methoxy groups -OCH3 is 1. The highest BCUT2D eigenvalue weighted by atomic mass is 16.7. The van der Waals surface area contributed by atoms with E-state index in [0.717, 1.165) is 0 Å². The maximum Gasteiger partial charge on any atom is 0.501 e. The fourth-order valence-electron chi connectivity index (χ4n) is 2.11. The molecule has 1 aliphatic rings. The average Bonchev–Trinajstić information content (AvgIpc) is 2.57. The highest BCUT2D eigenvalue weighted by Gasteiger charge is 2.53. The Morgan fingerprint density at radius 2 is 1.80 bits per heavy atom. The minimum Gasteiger partial charge on any atom is -0.481 e. The number of Topliss-reactive ketones (excluding diaryl/α,β-unsaturated/α-hetero) is 1. The van der Waals surface area contributed by atoms with E-state index in [0.29, 0.717) is 16.9 Å². The first kappa shape index (κ1) is 15.0. The van der Waals surface area contributed by atoms with Crippen LogP contribution in [0.3, 0.4) is 0 Å². The summed E-state index contributed by atoms with van der Waals surface area (Å²) in [6.45, 7) is 9.35.